The fourth-order valence-electron chi connectivity index (χ4n) is 3.29. The van der Waals surface area contributed by atoms with Crippen LogP contribution in [0.4, 0.5) is 57.1 Å². The van der Waals surface area contributed by atoms with Crippen LogP contribution in [-0.4, -0.2) is 77.7 Å². The van der Waals surface area contributed by atoms with Crippen LogP contribution in [0.5, 0.6) is 0 Å². The van der Waals surface area contributed by atoms with Gasteiger partial charge in [0.2, 0.25) is 0 Å². The Hall–Kier alpha value is -3.03. The Labute approximate surface area is 311 Å². The number of alkyl halides is 13. The minimum Gasteiger partial charge on any atom is -0.460 e. The summed E-state index contributed by atoms with van der Waals surface area (Å²) in [6.45, 7) is 18.6. The molecule has 3 atom stereocenters. The molecule has 326 valence electrons. The predicted molar refractivity (Wildman–Crippen MR) is 170 cm³/mol. The molecule has 21 heteroatoms. The van der Waals surface area contributed by atoms with Gasteiger partial charge in [-0.15, -0.1) is 0 Å². The van der Waals surface area contributed by atoms with Crippen molar-refractivity contribution in [2.24, 2.45) is 16.2 Å². The van der Waals surface area contributed by atoms with Gasteiger partial charge in [-0.25, -0.2) is 0 Å². The molecule has 1 rings (SSSR count). The Morgan fingerprint density at radius 2 is 0.891 bits per heavy atom. The average Bonchev–Trinajstić information content (AvgIpc) is 3.01. The summed E-state index contributed by atoms with van der Waals surface area (Å²) in [6.07, 6.45) is -17.8. The average molecular weight is 835 g/mol. The van der Waals surface area contributed by atoms with Crippen LogP contribution < -0.4 is 0 Å². The predicted octanol–water partition coefficient (Wildman–Crippen LogP) is 10.5. The highest BCUT2D eigenvalue weighted by atomic mass is 19.4. The van der Waals surface area contributed by atoms with E-state index in [1.807, 2.05) is 41.5 Å². The van der Waals surface area contributed by atoms with Gasteiger partial charge in [-0.3, -0.25) is 19.2 Å². The molecule has 1 saturated carbocycles. The van der Waals surface area contributed by atoms with Gasteiger partial charge in [0.15, 0.2) is 17.6 Å². The van der Waals surface area contributed by atoms with E-state index >= 15 is 0 Å². The maximum atomic E-state index is 14.1. The molecule has 0 radical (unpaired) electrons. The van der Waals surface area contributed by atoms with Crippen molar-refractivity contribution in [3.63, 3.8) is 0 Å². The van der Waals surface area contributed by atoms with Gasteiger partial charge in [-0.2, -0.15) is 57.1 Å². The number of carbonyl (C=O) groups is 4. The summed E-state index contributed by atoms with van der Waals surface area (Å²) < 4.78 is 185. The fourth-order valence-corrected chi connectivity index (χ4v) is 3.29. The Balaban J connectivity index is 0. The molecular formula is C34H51F13O8. The van der Waals surface area contributed by atoms with E-state index in [1.54, 1.807) is 0 Å². The molecule has 0 heterocycles. The number of rotatable bonds is 10. The van der Waals surface area contributed by atoms with Crippen LogP contribution >= 0.6 is 0 Å². The molecule has 1 aliphatic rings. The first-order chi connectivity index (χ1) is 24.0. The van der Waals surface area contributed by atoms with E-state index in [0.29, 0.717) is 13.8 Å². The van der Waals surface area contributed by atoms with Gasteiger partial charge >= 0.3 is 59.9 Å². The molecule has 0 aromatic heterocycles. The van der Waals surface area contributed by atoms with E-state index in [0.717, 1.165) is 13.3 Å². The van der Waals surface area contributed by atoms with Crippen LogP contribution in [0, 0.1) is 16.2 Å². The normalized spacial score (nSPS) is 21.8. The third-order valence-electron chi connectivity index (χ3n) is 8.71. The van der Waals surface area contributed by atoms with Gasteiger partial charge in [-0.05, 0) is 88.5 Å². The molecular weight excluding hydrogens is 783 g/mol. The Bertz CT molecular complexity index is 1280. The Morgan fingerprint density at radius 3 is 1.18 bits per heavy atom. The number of halogens is 13. The van der Waals surface area contributed by atoms with E-state index in [2.05, 4.69) is 14.2 Å². The molecule has 0 saturated heterocycles. The molecule has 0 spiro atoms. The van der Waals surface area contributed by atoms with Crippen LogP contribution in [-0.2, 0) is 38.1 Å². The first-order valence-corrected chi connectivity index (χ1v) is 16.8. The third kappa shape index (κ3) is 13.8. The third-order valence-corrected chi connectivity index (χ3v) is 8.71. The topological polar surface area (TPSA) is 105 Å². The lowest BCUT2D eigenvalue weighted by Crippen LogP contribution is -2.69. The first-order valence-electron chi connectivity index (χ1n) is 16.8. The summed E-state index contributed by atoms with van der Waals surface area (Å²) in [5.41, 5.74) is -4.40. The second-order valence-corrected chi connectivity index (χ2v) is 15.3. The molecule has 0 amide bonds. The summed E-state index contributed by atoms with van der Waals surface area (Å²) >= 11 is 0. The molecule has 0 aliphatic heterocycles. The van der Waals surface area contributed by atoms with Gasteiger partial charge in [0.05, 0.1) is 10.8 Å². The second kappa shape index (κ2) is 18.1. The molecule has 0 aromatic rings. The zero-order valence-electron chi connectivity index (χ0n) is 32.9. The minimum atomic E-state index is -5.95. The van der Waals surface area contributed by atoms with E-state index in [9.17, 15) is 76.3 Å². The summed E-state index contributed by atoms with van der Waals surface area (Å²) in [5.74, 6) is -26.1. The van der Waals surface area contributed by atoms with Crippen molar-refractivity contribution in [1.29, 1.82) is 0 Å². The quantitative estimate of drug-likeness (QED) is 0.0927. The monoisotopic (exact) mass is 834 g/mol. The molecule has 3 unspecified atom stereocenters. The fraction of sp³-hybridized carbons (Fsp3) is 0.882. The van der Waals surface area contributed by atoms with Crippen LogP contribution in [0.1, 0.15) is 122 Å². The smallest absolute Gasteiger partial charge is 0.425 e. The summed E-state index contributed by atoms with van der Waals surface area (Å²) in [5, 5.41) is 0. The van der Waals surface area contributed by atoms with Gasteiger partial charge in [0, 0.05) is 12.8 Å². The maximum Gasteiger partial charge on any atom is 0.425 e. The van der Waals surface area contributed by atoms with Crippen molar-refractivity contribution in [1.82, 2.24) is 0 Å². The lowest BCUT2D eigenvalue weighted by molar-refractivity contribution is -0.409. The largest absolute Gasteiger partial charge is 0.460 e. The lowest BCUT2D eigenvalue weighted by atomic mass is 9.84. The van der Waals surface area contributed by atoms with Gasteiger partial charge in [-0.1, -0.05) is 20.8 Å². The number of esters is 4. The van der Waals surface area contributed by atoms with Crippen molar-refractivity contribution >= 4 is 23.9 Å². The zero-order valence-corrected chi connectivity index (χ0v) is 32.9. The van der Waals surface area contributed by atoms with E-state index < -0.39 is 89.8 Å². The zero-order chi connectivity index (χ0) is 44.8. The molecule has 1 fully saturated rings. The number of hydrogen-bond donors (Lipinski definition) is 0. The van der Waals surface area contributed by atoms with Crippen LogP contribution in [0.3, 0.4) is 0 Å². The van der Waals surface area contributed by atoms with Crippen LogP contribution in [0.25, 0.3) is 0 Å². The van der Waals surface area contributed by atoms with E-state index in [1.165, 1.54) is 27.7 Å². The van der Waals surface area contributed by atoms with Crippen LogP contribution in [0.15, 0.2) is 0 Å². The molecule has 0 N–H and O–H groups in total. The van der Waals surface area contributed by atoms with Crippen molar-refractivity contribution < 1.29 is 95.2 Å². The highest BCUT2D eigenvalue weighted by molar-refractivity contribution is 5.99. The maximum absolute atomic E-state index is 14.1. The number of ether oxygens (including phenoxy) is 4. The molecule has 0 bridgehead atoms. The van der Waals surface area contributed by atoms with E-state index in [-0.39, 0.29) is 29.8 Å². The minimum absolute atomic E-state index is 0.0556. The molecule has 8 nitrogen and oxygen atoms in total. The van der Waals surface area contributed by atoms with Gasteiger partial charge in [0.25, 0.3) is 0 Å². The standard InChI is InChI=1S/C12H15F7O2.C12H16F6O4.C10H20O2/c1-4-8(2,3)7(20)21-10(15)6-5-9(13,14)11(16,17)12(10,18)19;1-5-10(4,8(19)21-6(2)11(13,14)15)9(20)22-7(3)12(16,17)18;1-7-10(5,6)8(11)12-9(2,3)4/h4-6H2,1-3H3;6-7H,5H2,1-4H3;7H2,1-6H3. The molecule has 1 aliphatic carbocycles. The first kappa shape index (κ1) is 54.1. The molecule has 0 aromatic carbocycles. The van der Waals surface area contributed by atoms with Crippen molar-refractivity contribution in [3.05, 3.63) is 0 Å². The second-order valence-electron chi connectivity index (χ2n) is 15.3. The SMILES string of the molecule is CCC(C)(C(=O)OC(C)C(F)(F)F)C(=O)OC(C)C(F)(F)F.CCC(C)(C)C(=O)OC(C)(C)C.CCC(C)(C)C(=O)OC1(F)CCC(F)(F)C(F)(F)C1(F)F. The van der Waals surface area contributed by atoms with Crippen molar-refractivity contribution in [3.8, 4) is 0 Å². The summed E-state index contributed by atoms with van der Waals surface area (Å²) in [6, 6.07) is 0. The number of hydrogen-bond acceptors (Lipinski definition) is 8. The Kier molecular flexibility index (Phi) is 17.7. The highest BCUT2D eigenvalue weighted by Gasteiger charge is 2.84. The summed E-state index contributed by atoms with van der Waals surface area (Å²) in [4.78, 5) is 46.5. The van der Waals surface area contributed by atoms with Gasteiger partial charge in [0.1, 0.15) is 5.60 Å². The number of carbonyl (C=O) groups excluding carboxylic acids is 4. The van der Waals surface area contributed by atoms with Crippen LogP contribution in [0.2, 0.25) is 0 Å². The van der Waals surface area contributed by atoms with E-state index in [4.69, 9.17) is 4.74 Å². The summed E-state index contributed by atoms with van der Waals surface area (Å²) in [7, 11) is 0. The highest BCUT2D eigenvalue weighted by Crippen LogP contribution is 2.59. The van der Waals surface area contributed by atoms with Crippen molar-refractivity contribution in [2.75, 3.05) is 0 Å². The van der Waals surface area contributed by atoms with Crippen molar-refractivity contribution in [2.45, 2.75) is 176 Å². The van der Waals surface area contributed by atoms with Gasteiger partial charge < -0.3 is 18.9 Å². The molecule has 55 heavy (non-hydrogen) atoms. The lowest BCUT2D eigenvalue weighted by Gasteiger charge is -2.45. The Morgan fingerprint density at radius 1 is 0.545 bits per heavy atom.